The molecule has 0 spiro atoms. The fourth-order valence-electron chi connectivity index (χ4n) is 2.78. The summed E-state index contributed by atoms with van der Waals surface area (Å²) in [6.45, 7) is 0. The zero-order valence-electron chi connectivity index (χ0n) is 8.64. The van der Waals surface area contributed by atoms with E-state index in [2.05, 4.69) is 17.8 Å². The van der Waals surface area contributed by atoms with Crippen LogP contribution in [0.1, 0.15) is 0 Å². The van der Waals surface area contributed by atoms with Crippen LogP contribution in [0.3, 0.4) is 0 Å². The minimum absolute atomic E-state index is 0.567. The molecule has 3 rings (SSSR count). The summed E-state index contributed by atoms with van der Waals surface area (Å²) in [6, 6.07) is 0. The van der Waals surface area contributed by atoms with Gasteiger partial charge >= 0.3 is 0 Å². The van der Waals surface area contributed by atoms with Gasteiger partial charge in [0.05, 0.1) is 0 Å². The molecule has 3 aliphatic rings. The molecule has 0 saturated carbocycles. The first-order valence-electron chi connectivity index (χ1n) is 5.02. The predicted octanol–water partition coefficient (Wildman–Crippen LogP) is 1.11. The summed E-state index contributed by atoms with van der Waals surface area (Å²) in [5.41, 5.74) is -1.70. The van der Waals surface area contributed by atoms with Gasteiger partial charge in [0.2, 0.25) is 0 Å². The summed E-state index contributed by atoms with van der Waals surface area (Å²) in [5, 5.41) is 0. The first-order chi connectivity index (χ1) is 7.67. The Labute approximate surface area is 95.5 Å². The molecule has 1 nitrogen and oxygen atoms in total. The Morgan fingerprint density at radius 1 is 0.625 bits per heavy atom. The Morgan fingerprint density at radius 2 is 0.875 bits per heavy atom. The van der Waals surface area contributed by atoms with Crippen molar-refractivity contribution >= 4 is 0 Å². The first-order valence-corrected chi connectivity index (χ1v) is 5.02. The van der Waals surface area contributed by atoms with Crippen LogP contribution in [0.5, 0.6) is 0 Å². The maximum absolute atomic E-state index is 5.63. The Balaban J connectivity index is 2.31. The standard InChI is InChI=1S/C15H9N/c1-4-13-7-9-14(5-2)11-12-15(6-3,10-8-13)16(13)14/h1-3,7-12H. The molecular formula is C15H9N. The highest BCUT2D eigenvalue weighted by atomic mass is 15.3. The van der Waals surface area contributed by atoms with Gasteiger partial charge in [0.25, 0.3) is 0 Å². The quantitative estimate of drug-likeness (QED) is 0.421. The van der Waals surface area contributed by atoms with Crippen molar-refractivity contribution in [2.24, 2.45) is 0 Å². The fraction of sp³-hybridized carbons (Fsp3) is 0.200. The van der Waals surface area contributed by atoms with Gasteiger partial charge in [-0.3, -0.25) is 0 Å². The van der Waals surface area contributed by atoms with E-state index in [1.165, 1.54) is 0 Å². The average Bonchev–Trinajstić information content (AvgIpc) is 2.94. The van der Waals surface area contributed by atoms with Crippen molar-refractivity contribution in [1.82, 2.24) is 4.90 Å². The lowest BCUT2D eigenvalue weighted by Gasteiger charge is -2.39. The third kappa shape index (κ3) is 0.665. The van der Waals surface area contributed by atoms with Gasteiger partial charge in [-0.25, -0.2) is 4.90 Å². The molecule has 0 radical (unpaired) electrons. The SMILES string of the molecule is C#CC12C=CC3(C#C)C=CC(C#C)(C=C1)N23. The summed E-state index contributed by atoms with van der Waals surface area (Å²) in [7, 11) is 0. The van der Waals surface area contributed by atoms with Crippen molar-refractivity contribution in [2.75, 3.05) is 0 Å². The van der Waals surface area contributed by atoms with Gasteiger partial charge in [-0.2, -0.15) is 0 Å². The van der Waals surface area contributed by atoms with Crippen molar-refractivity contribution < 1.29 is 0 Å². The van der Waals surface area contributed by atoms with Gasteiger partial charge < -0.3 is 0 Å². The normalized spacial score (nSPS) is 46.3. The van der Waals surface area contributed by atoms with E-state index in [0.29, 0.717) is 0 Å². The van der Waals surface area contributed by atoms with E-state index in [-0.39, 0.29) is 0 Å². The maximum atomic E-state index is 5.63. The molecule has 0 atom stereocenters. The van der Waals surface area contributed by atoms with Gasteiger partial charge in [-0.05, 0) is 36.5 Å². The van der Waals surface area contributed by atoms with E-state index in [9.17, 15) is 0 Å². The van der Waals surface area contributed by atoms with Crippen LogP contribution in [0.4, 0.5) is 0 Å². The van der Waals surface area contributed by atoms with Crippen LogP contribution < -0.4 is 0 Å². The number of nitrogens with zero attached hydrogens (tertiary/aromatic N) is 1. The van der Waals surface area contributed by atoms with Crippen LogP contribution in [-0.4, -0.2) is 21.5 Å². The van der Waals surface area contributed by atoms with E-state index >= 15 is 0 Å². The van der Waals surface area contributed by atoms with E-state index in [4.69, 9.17) is 19.3 Å². The van der Waals surface area contributed by atoms with Crippen molar-refractivity contribution in [2.45, 2.75) is 16.6 Å². The number of terminal acetylenes is 3. The fourth-order valence-corrected chi connectivity index (χ4v) is 2.78. The molecule has 16 heavy (non-hydrogen) atoms. The highest BCUT2D eigenvalue weighted by Gasteiger charge is 2.61. The molecular weight excluding hydrogens is 194 g/mol. The Kier molecular flexibility index (Phi) is 1.33. The molecule has 0 bridgehead atoms. The summed E-state index contributed by atoms with van der Waals surface area (Å²) in [6.07, 6.45) is 28.6. The molecule has 0 unspecified atom stereocenters. The second-order valence-corrected chi connectivity index (χ2v) is 4.24. The van der Waals surface area contributed by atoms with Crippen LogP contribution in [-0.2, 0) is 0 Å². The van der Waals surface area contributed by atoms with Crippen LogP contribution in [0.25, 0.3) is 0 Å². The second kappa shape index (κ2) is 2.33. The second-order valence-electron chi connectivity index (χ2n) is 4.24. The number of hydrogen-bond donors (Lipinski definition) is 0. The molecule has 3 aliphatic heterocycles. The monoisotopic (exact) mass is 203 g/mol. The van der Waals surface area contributed by atoms with Crippen molar-refractivity contribution in [3.05, 3.63) is 36.5 Å². The highest BCUT2D eigenvalue weighted by Crippen LogP contribution is 2.51. The lowest BCUT2D eigenvalue weighted by Crippen LogP contribution is -2.55. The first kappa shape index (κ1) is 9.11. The zero-order valence-corrected chi connectivity index (χ0v) is 8.64. The molecule has 74 valence electrons. The Hall–Kier alpha value is -2.14. The molecule has 0 aromatic heterocycles. The third-order valence-electron chi connectivity index (χ3n) is 3.58. The number of hydrogen-bond acceptors (Lipinski definition) is 1. The molecule has 1 heteroatoms. The van der Waals surface area contributed by atoms with Crippen LogP contribution in [0, 0.1) is 37.0 Å². The summed E-state index contributed by atoms with van der Waals surface area (Å²) < 4.78 is 0. The summed E-state index contributed by atoms with van der Waals surface area (Å²) in [4.78, 5) is 2.02. The largest absolute Gasteiger partial charge is 0.234 e. The topological polar surface area (TPSA) is 3.24 Å². The van der Waals surface area contributed by atoms with E-state index in [1.807, 2.05) is 41.4 Å². The molecule has 0 saturated heterocycles. The molecule has 0 aromatic rings. The molecule has 3 heterocycles. The van der Waals surface area contributed by atoms with Gasteiger partial charge in [-0.1, -0.05) is 17.8 Å². The van der Waals surface area contributed by atoms with Gasteiger partial charge in [-0.15, -0.1) is 19.3 Å². The lowest BCUT2D eigenvalue weighted by molar-refractivity contribution is 0.169. The molecule has 0 amide bonds. The van der Waals surface area contributed by atoms with Crippen molar-refractivity contribution in [3.63, 3.8) is 0 Å². The molecule has 0 aromatic carbocycles. The predicted molar refractivity (Wildman–Crippen MR) is 64.0 cm³/mol. The van der Waals surface area contributed by atoms with Gasteiger partial charge in [0.1, 0.15) is 16.6 Å². The van der Waals surface area contributed by atoms with Crippen LogP contribution in [0.15, 0.2) is 36.5 Å². The average molecular weight is 203 g/mol. The Bertz CT molecular complexity index is 477. The highest BCUT2D eigenvalue weighted by molar-refractivity contribution is 5.62. The zero-order chi connectivity index (χ0) is 11.4. The minimum Gasteiger partial charge on any atom is -0.234 e. The van der Waals surface area contributed by atoms with Crippen LogP contribution >= 0.6 is 0 Å². The number of rotatable bonds is 0. The molecule has 0 aliphatic carbocycles. The summed E-state index contributed by atoms with van der Waals surface area (Å²) in [5.74, 6) is 8.34. The van der Waals surface area contributed by atoms with Crippen LogP contribution in [0.2, 0.25) is 0 Å². The summed E-state index contributed by atoms with van der Waals surface area (Å²) >= 11 is 0. The lowest BCUT2D eigenvalue weighted by atomic mass is 9.99. The molecule has 0 N–H and O–H groups in total. The van der Waals surface area contributed by atoms with E-state index < -0.39 is 16.6 Å². The van der Waals surface area contributed by atoms with Crippen molar-refractivity contribution in [1.29, 1.82) is 0 Å². The molecule has 0 fully saturated rings. The van der Waals surface area contributed by atoms with E-state index in [0.717, 1.165) is 0 Å². The smallest absolute Gasteiger partial charge is 0.123 e. The van der Waals surface area contributed by atoms with Crippen molar-refractivity contribution in [3.8, 4) is 37.0 Å². The minimum atomic E-state index is -0.567. The maximum Gasteiger partial charge on any atom is 0.123 e. The Morgan fingerprint density at radius 3 is 1.06 bits per heavy atom. The van der Waals surface area contributed by atoms with Gasteiger partial charge in [0, 0.05) is 0 Å². The third-order valence-corrected chi connectivity index (χ3v) is 3.58. The van der Waals surface area contributed by atoms with E-state index in [1.54, 1.807) is 0 Å². The van der Waals surface area contributed by atoms with Gasteiger partial charge in [0.15, 0.2) is 0 Å².